The molecule has 4 aromatic rings. The molecule has 28 heavy (non-hydrogen) atoms. The van der Waals surface area contributed by atoms with Crippen molar-refractivity contribution >= 4 is 21.7 Å². The first-order valence-electron chi connectivity index (χ1n) is 9.11. The summed E-state index contributed by atoms with van der Waals surface area (Å²) in [5.74, 6) is 0.108. The maximum atomic E-state index is 13.0. The van der Waals surface area contributed by atoms with E-state index in [4.69, 9.17) is 0 Å². The van der Waals surface area contributed by atoms with E-state index in [1.54, 1.807) is 35.4 Å². The molecule has 0 radical (unpaired) electrons. The summed E-state index contributed by atoms with van der Waals surface area (Å²) in [4.78, 5) is 21.9. The second-order valence-electron chi connectivity index (χ2n) is 6.83. The highest BCUT2D eigenvalue weighted by Crippen LogP contribution is 2.36. The number of rotatable bonds is 3. The van der Waals surface area contributed by atoms with Gasteiger partial charge in [-0.25, -0.2) is 9.97 Å². The lowest BCUT2D eigenvalue weighted by atomic mass is 10.1. The van der Waals surface area contributed by atoms with Crippen LogP contribution in [0.1, 0.15) is 18.9 Å². The summed E-state index contributed by atoms with van der Waals surface area (Å²) in [6.07, 6.45) is 6.88. The normalized spacial score (nSPS) is 15.3. The maximum Gasteiger partial charge on any atom is 0.273 e. The van der Waals surface area contributed by atoms with E-state index in [9.17, 15) is 9.90 Å². The molecule has 1 saturated heterocycles. The standard InChI is InChI=1S/C19H18N6O2S/c26-15-7-11(12-8-22-23-9-12)1-2-14(15)18-24-17-16(28-18)19(27)25(10-21-17)13-3-5-20-6-4-13/h1-2,7-10,13,20,26H,3-6H2,(H,22,23). The quantitative estimate of drug-likeness (QED) is 0.493. The molecule has 9 heteroatoms. The lowest BCUT2D eigenvalue weighted by molar-refractivity contribution is 0.359. The molecule has 1 fully saturated rings. The van der Waals surface area contributed by atoms with Crippen molar-refractivity contribution in [3.05, 3.63) is 47.3 Å². The van der Waals surface area contributed by atoms with E-state index >= 15 is 0 Å². The van der Waals surface area contributed by atoms with E-state index in [2.05, 4.69) is 25.5 Å². The summed E-state index contributed by atoms with van der Waals surface area (Å²) in [5.41, 5.74) is 2.69. The first-order chi connectivity index (χ1) is 13.7. The topological polar surface area (TPSA) is 109 Å². The average Bonchev–Trinajstić information content (AvgIpc) is 3.39. The second-order valence-corrected chi connectivity index (χ2v) is 7.83. The Morgan fingerprint density at radius 2 is 2.07 bits per heavy atom. The fraction of sp³-hybridized carbons (Fsp3) is 0.263. The molecule has 4 heterocycles. The Kier molecular flexibility index (Phi) is 4.18. The molecule has 0 unspecified atom stereocenters. The fourth-order valence-corrected chi connectivity index (χ4v) is 4.58. The number of aromatic nitrogens is 5. The molecule has 0 saturated carbocycles. The number of piperidine rings is 1. The zero-order valence-electron chi connectivity index (χ0n) is 14.9. The minimum atomic E-state index is -0.0600. The number of aromatic hydroxyl groups is 1. The number of hydrogen-bond acceptors (Lipinski definition) is 7. The molecule has 1 aliphatic rings. The minimum Gasteiger partial charge on any atom is -0.507 e. The number of hydrogen-bond donors (Lipinski definition) is 3. The second kappa shape index (κ2) is 6.84. The van der Waals surface area contributed by atoms with Gasteiger partial charge in [-0.1, -0.05) is 6.07 Å². The van der Waals surface area contributed by atoms with Crippen molar-refractivity contribution in [2.24, 2.45) is 0 Å². The van der Waals surface area contributed by atoms with Crippen molar-refractivity contribution in [1.29, 1.82) is 0 Å². The molecule has 8 nitrogen and oxygen atoms in total. The van der Waals surface area contributed by atoms with E-state index in [0.717, 1.165) is 37.1 Å². The Hall–Kier alpha value is -3.04. The summed E-state index contributed by atoms with van der Waals surface area (Å²) < 4.78 is 2.25. The average molecular weight is 394 g/mol. The van der Waals surface area contributed by atoms with Gasteiger partial charge in [0.15, 0.2) is 5.65 Å². The third-order valence-corrected chi connectivity index (χ3v) is 6.17. The number of nitrogens with zero attached hydrogens (tertiary/aromatic N) is 4. The van der Waals surface area contributed by atoms with Crippen LogP contribution in [0.2, 0.25) is 0 Å². The van der Waals surface area contributed by atoms with Gasteiger partial charge in [0.2, 0.25) is 0 Å². The highest BCUT2D eigenvalue weighted by atomic mass is 32.1. The molecule has 3 N–H and O–H groups in total. The van der Waals surface area contributed by atoms with Gasteiger partial charge in [-0.05, 0) is 43.6 Å². The summed E-state index contributed by atoms with van der Waals surface area (Å²) in [6, 6.07) is 5.54. The Balaban J connectivity index is 1.55. The molecule has 5 rings (SSSR count). The van der Waals surface area contributed by atoms with Crippen molar-refractivity contribution in [2.75, 3.05) is 13.1 Å². The van der Waals surface area contributed by atoms with Crippen LogP contribution in [0.15, 0.2) is 41.7 Å². The van der Waals surface area contributed by atoms with E-state index in [-0.39, 0.29) is 17.4 Å². The molecular formula is C19H18N6O2S. The third kappa shape index (κ3) is 2.88. The number of thiazole rings is 1. The third-order valence-electron chi connectivity index (χ3n) is 5.10. The molecule has 0 atom stereocenters. The smallest absolute Gasteiger partial charge is 0.273 e. The van der Waals surface area contributed by atoms with Crippen molar-refractivity contribution in [3.63, 3.8) is 0 Å². The number of benzene rings is 1. The first-order valence-corrected chi connectivity index (χ1v) is 9.93. The van der Waals surface area contributed by atoms with Gasteiger partial charge in [-0.3, -0.25) is 14.5 Å². The van der Waals surface area contributed by atoms with Gasteiger partial charge in [0.05, 0.1) is 11.8 Å². The van der Waals surface area contributed by atoms with Crippen LogP contribution in [0.25, 0.3) is 32.0 Å². The minimum absolute atomic E-state index is 0.0600. The van der Waals surface area contributed by atoms with Gasteiger partial charge < -0.3 is 10.4 Å². The fourth-order valence-electron chi connectivity index (χ4n) is 3.59. The zero-order chi connectivity index (χ0) is 19.1. The van der Waals surface area contributed by atoms with Gasteiger partial charge in [0.25, 0.3) is 5.56 Å². The predicted molar refractivity (Wildman–Crippen MR) is 107 cm³/mol. The first kappa shape index (κ1) is 17.1. The summed E-state index contributed by atoms with van der Waals surface area (Å²) in [6.45, 7) is 1.81. The van der Waals surface area contributed by atoms with Crippen LogP contribution >= 0.6 is 11.3 Å². The Labute approximate surface area is 163 Å². The monoisotopic (exact) mass is 394 g/mol. The number of nitrogens with one attached hydrogen (secondary N) is 2. The molecule has 0 amide bonds. The Bertz CT molecular complexity index is 1190. The van der Waals surface area contributed by atoms with Crippen LogP contribution in [-0.4, -0.2) is 42.9 Å². The summed E-state index contributed by atoms with van der Waals surface area (Å²) >= 11 is 1.27. The maximum absolute atomic E-state index is 13.0. The summed E-state index contributed by atoms with van der Waals surface area (Å²) in [5, 5.41) is 21.1. The number of H-pyrrole nitrogens is 1. The van der Waals surface area contributed by atoms with Gasteiger partial charge in [-0.15, -0.1) is 11.3 Å². The molecule has 3 aromatic heterocycles. The highest BCUT2D eigenvalue weighted by Gasteiger charge is 2.20. The molecule has 1 aliphatic heterocycles. The van der Waals surface area contributed by atoms with Crippen molar-refractivity contribution in [2.45, 2.75) is 18.9 Å². The SMILES string of the molecule is O=c1c2sc(-c3ccc(-c4cn[nH]c4)cc3O)nc2ncn1C1CCNCC1. The molecule has 142 valence electrons. The van der Waals surface area contributed by atoms with Crippen molar-refractivity contribution < 1.29 is 5.11 Å². The molecule has 0 aliphatic carbocycles. The summed E-state index contributed by atoms with van der Waals surface area (Å²) in [7, 11) is 0. The van der Waals surface area contributed by atoms with Gasteiger partial charge >= 0.3 is 0 Å². The molecule has 1 aromatic carbocycles. The molecular weight excluding hydrogens is 376 g/mol. The van der Waals surface area contributed by atoms with E-state index < -0.39 is 0 Å². The van der Waals surface area contributed by atoms with Crippen molar-refractivity contribution in [3.8, 4) is 27.4 Å². The Morgan fingerprint density at radius 3 is 2.82 bits per heavy atom. The van der Waals surface area contributed by atoms with E-state index in [1.807, 2.05) is 6.07 Å². The van der Waals surface area contributed by atoms with Crippen LogP contribution < -0.4 is 10.9 Å². The van der Waals surface area contributed by atoms with Crippen LogP contribution in [0.3, 0.4) is 0 Å². The molecule has 0 bridgehead atoms. The predicted octanol–water partition coefficient (Wildman–Crippen LogP) is 2.54. The van der Waals surface area contributed by atoms with Gasteiger partial charge in [-0.2, -0.15) is 5.10 Å². The molecule has 0 spiro atoms. The van der Waals surface area contributed by atoms with Gasteiger partial charge in [0, 0.05) is 17.8 Å². The van der Waals surface area contributed by atoms with Crippen LogP contribution in [0.4, 0.5) is 0 Å². The number of aromatic amines is 1. The number of phenols is 1. The highest BCUT2D eigenvalue weighted by molar-refractivity contribution is 7.21. The number of fused-ring (bicyclic) bond motifs is 1. The van der Waals surface area contributed by atoms with Gasteiger partial charge in [0.1, 0.15) is 21.8 Å². The van der Waals surface area contributed by atoms with Crippen LogP contribution in [-0.2, 0) is 0 Å². The van der Waals surface area contributed by atoms with Crippen LogP contribution in [0.5, 0.6) is 5.75 Å². The Morgan fingerprint density at radius 1 is 1.21 bits per heavy atom. The van der Waals surface area contributed by atoms with Crippen molar-refractivity contribution in [1.82, 2.24) is 30.0 Å². The van der Waals surface area contributed by atoms with E-state index in [0.29, 0.717) is 20.9 Å². The lowest BCUT2D eigenvalue weighted by Gasteiger charge is -2.24. The largest absolute Gasteiger partial charge is 0.507 e. The lowest BCUT2D eigenvalue weighted by Crippen LogP contribution is -2.34. The van der Waals surface area contributed by atoms with E-state index in [1.165, 1.54) is 11.3 Å². The van der Waals surface area contributed by atoms with Crippen LogP contribution in [0, 0.1) is 0 Å². The number of phenolic OH excluding ortho intramolecular Hbond substituents is 1. The zero-order valence-corrected chi connectivity index (χ0v) is 15.7.